The van der Waals surface area contributed by atoms with Gasteiger partial charge < -0.3 is 13.9 Å². The van der Waals surface area contributed by atoms with Crippen molar-refractivity contribution in [3.63, 3.8) is 0 Å². The standard InChI is InChI=1S/C31H19Cl2I2N3O4/c1-40-26-7-4-8-27-20(26)14-28(42-27)30-37-25-6-3-2-5-19(25)31(39)38(30)36-15-18-12-23(34)29(24(35)13-18)41-16-17-9-10-21(32)22(33)11-17/h2-15H,16H2,1H3. The van der Waals surface area contributed by atoms with Gasteiger partial charge in [0.2, 0.25) is 5.82 Å². The minimum atomic E-state index is -0.315. The molecule has 11 heteroatoms. The number of benzene rings is 4. The van der Waals surface area contributed by atoms with E-state index in [4.69, 9.17) is 42.1 Å². The summed E-state index contributed by atoms with van der Waals surface area (Å²) < 4.78 is 20.7. The van der Waals surface area contributed by atoms with Crippen LogP contribution < -0.4 is 15.0 Å². The molecule has 0 saturated carbocycles. The van der Waals surface area contributed by atoms with Crippen molar-refractivity contribution in [3.8, 4) is 23.1 Å². The second-order valence-electron chi connectivity index (χ2n) is 9.15. The Morgan fingerprint density at radius 2 is 1.74 bits per heavy atom. The Bertz CT molecular complexity index is 2050. The van der Waals surface area contributed by atoms with Crippen LogP contribution in [0.4, 0.5) is 0 Å². The van der Waals surface area contributed by atoms with Crippen LogP contribution >= 0.6 is 68.4 Å². The molecule has 42 heavy (non-hydrogen) atoms. The summed E-state index contributed by atoms with van der Waals surface area (Å²) >= 11 is 16.6. The van der Waals surface area contributed by atoms with Crippen molar-refractivity contribution >= 4 is 96.5 Å². The zero-order valence-corrected chi connectivity index (χ0v) is 27.6. The molecule has 2 heterocycles. The largest absolute Gasteiger partial charge is 0.496 e. The zero-order valence-electron chi connectivity index (χ0n) is 21.8. The number of methoxy groups -OCH3 is 1. The molecule has 0 N–H and O–H groups in total. The topological polar surface area (TPSA) is 78.9 Å². The van der Waals surface area contributed by atoms with E-state index in [9.17, 15) is 4.79 Å². The van der Waals surface area contributed by atoms with Crippen molar-refractivity contribution in [3.05, 3.63) is 118 Å². The molecular formula is C31H19Cl2I2N3O4. The maximum Gasteiger partial charge on any atom is 0.282 e. The summed E-state index contributed by atoms with van der Waals surface area (Å²) in [6, 6.07) is 23.8. The fourth-order valence-corrected chi connectivity index (χ4v) is 6.86. The Morgan fingerprint density at radius 1 is 0.952 bits per heavy atom. The maximum atomic E-state index is 13.6. The zero-order chi connectivity index (χ0) is 29.4. The molecule has 6 aromatic rings. The highest BCUT2D eigenvalue weighted by atomic mass is 127. The molecule has 210 valence electrons. The van der Waals surface area contributed by atoms with Crippen LogP contribution in [-0.4, -0.2) is 23.0 Å². The Balaban J connectivity index is 1.37. The molecule has 7 nitrogen and oxygen atoms in total. The van der Waals surface area contributed by atoms with Crippen LogP contribution in [0.15, 0.2) is 93.2 Å². The van der Waals surface area contributed by atoms with Gasteiger partial charge in [-0.05, 0) is 111 Å². The Morgan fingerprint density at radius 3 is 2.50 bits per heavy atom. The highest BCUT2D eigenvalue weighted by molar-refractivity contribution is 14.1. The van der Waals surface area contributed by atoms with Gasteiger partial charge in [-0.25, -0.2) is 4.98 Å². The number of para-hydroxylation sites is 1. The lowest BCUT2D eigenvalue weighted by Crippen LogP contribution is -2.20. The molecule has 0 saturated heterocycles. The van der Waals surface area contributed by atoms with E-state index in [1.165, 1.54) is 4.68 Å². The quantitative estimate of drug-likeness (QED) is 0.119. The summed E-state index contributed by atoms with van der Waals surface area (Å²) in [6.45, 7) is 0.333. The van der Waals surface area contributed by atoms with Crippen molar-refractivity contribution in [2.75, 3.05) is 7.11 Å². The number of rotatable bonds is 7. The second-order valence-corrected chi connectivity index (χ2v) is 12.3. The van der Waals surface area contributed by atoms with E-state index in [1.54, 1.807) is 43.7 Å². The summed E-state index contributed by atoms with van der Waals surface area (Å²) in [5, 5.41) is 6.79. The monoisotopic (exact) mass is 821 g/mol. The van der Waals surface area contributed by atoms with Crippen molar-refractivity contribution < 1.29 is 13.9 Å². The fourth-order valence-electron chi connectivity index (χ4n) is 4.41. The van der Waals surface area contributed by atoms with Gasteiger partial charge >= 0.3 is 0 Å². The van der Waals surface area contributed by atoms with Gasteiger partial charge in [-0.15, -0.1) is 0 Å². The lowest BCUT2D eigenvalue weighted by atomic mass is 10.2. The SMILES string of the molecule is COc1cccc2oc(-c3nc4ccccc4c(=O)n3N=Cc3cc(I)c(OCc4ccc(Cl)c(Cl)c4)c(I)c3)cc12. The van der Waals surface area contributed by atoms with E-state index in [-0.39, 0.29) is 11.4 Å². The Labute approximate surface area is 277 Å². The molecule has 2 aromatic heterocycles. The van der Waals surface area contributed by atoms with Gasteiger partial charge in [0.1, 0.15) is 23.7 Å². The van der Waals surface area contributed by atoms with Gasteiger partial charge in [-0.2, -0.15) is 9.78 Å². The summed E-state index contributed by atoms with van der Waals surface area (Å²) in [5.74, 6) is 2.07. The molecule has 0 atom stereocenters. The van der Waals surface area contributed by atoms with E-state index in [0.717, 1.165) is 29.4 Å². The molecule has 0 bridgehead atoms. The van der Waals surface area contributed by atoms with E-state index in [2.05, 4.69) is 50.3 Å². The number of halogens is 4. The van der Waals surface area contributed by atoms with Gasteiger partial charge in [0, 0.05) is 0 Å². The second kappa shape index (κ2) is 12.2. The van der Waals surface area contributed by atoms with Crippen LogP contribution in [0.2, 0.25) is 10.0 Å². The summed E-state index contributed by atoms with van der Waals surface area (Å²) in [5.41, 5.74) is 2.53. The molecule has 0 radical (unpaired) electrons. The van der Waals surface area contributed by atoms with E-state index in [0.29, 0.717) is 44.6 Å². The molecule has 0 aliphatic heterocycles. The average Bonchev–Trinajstić information content (AvgIpc) is 3.42. The first-order valence-corrected chi connectivity index (χ1v) is 15.4. The third-order valence-electron chi connectivity index (χ3n) is 6.43. The molecular weight excluding hydrogens is 803 g/mol. The number of ether oxygens (including phenoxy) is 2. The summed E-state index contributed by atoms with van der Waals surface area (Å²) in [6.07, 6.45) is 1.62. The molecule has 0 unspecified atom stereocenters. The first-order chi connectivity index (χ1) is 20.3. The lowest BCUT2D eigenvalue weighted by Gasteiger charge is -2.12. The minimum Gasteiger partial charge on any atom is -0.496 e. The number of furan rings is 1. The molecule has 0 spiro atoms. The summed E-state index contributed by atoms with van der Waals surface area (Å²) in [7, 11) is 1.60. The predicted molar refractivity (Wildman–Crippen MR) is 183 cm³/mol. The van der Waals surface area contributed by atoms with Crippen molar-refractivity contribution in [1.29, 1.82) is 0 Å². The predicted octanol–water partition coefficient (Wildman–Crippen LogP) is 8.80. The van der Waals surface area contributed by atoms with E-state index < -0.39 is 0 Å². The molecule has 0 fully saturated rings. The van der Waals surface area contributed by atoms with Crippen LogP contribution in [0, 0.1) is 7.14 Å². The van der Waals surface area contributed by atoms with Gasteiger partial charge in [-0.1, -0.05) is 47.5 Å². The number of hydrogen-bond donors (Lipinski definition) is 0. The molecule has 0 aliphatic carbocycles. The normalized spacial score (nSPS) is 11.5. The number of nitrogens with zero attached hydrogens (tertiary/aromatic N) is 3. The highest BCUT2D eigenvalue weighted by Gasteiger charge is 2.18. The van der Waals surface area contributed by atoms with Crippen LogP contribution in [0.25, 0.3) is 33.5 Å². The number of hydrogen-bond acceptors (Lipinski definition) is 6. The first kappa shape index (κ1) is 29.0. The van der Waals surface area contributed by atoms with Crippen LogP contribution in [0.1, 0.15) is 11.1 Å². The average molecular weight is 822 g/mol. The Kier molecular flexibility index (Phi) is 8.44. The van der Waals surface area contributed by atoms with Crippen molar-refractivity contribution in [2.24, 2.45) is 5.10 Å². The third-order valence-corrected chi connectivity index (χ3v) is 8.77. The summed E-state index contributed by atoms with van der Waals surface area (Å²) in [4.78, 5) is 18.4. The van der Waals surface area contributed by atoms with Crippen molar-refractivity contribution in [1.82, 2.24) is 9.66 Å². The van der Waals surface area contributed by atoms with Gasteiger partial charge in [0.15, 0.2) is 5.76 Å². The first-order valence-electron chi connectivity index (χ1n) is 12.5. The molecule has 4 aromatic carbocycles. The van der Waals surface area contributed by atoms with Gasteiger partial charge in [-0.3, -0.25) is 4.79 Å². The van der Waals surface area contributed by atoms with Crippen LogP contribution in [0.3, 0.4) is 0 Å². The molecule has 0 amide bonds. The molecule has 0 aliphatic rings. The van der Waals surface area contributed by atoms with Crippen LogP contribution in [-0.2, 0) is 6.61 Å². The fraction of sp³-hybridized carbons (Fsp3) is 0.0645. The minimum absolute atomic E-state index is 0.277. The number of fused-ring (bicyclic) bond motifs is 2. The smallest absolute Gasteiger partial charge is 0.282 e. The van der Waals surface area contributed by atoms with Gasteiger partial charge in [0.05, 0.1) is 46.8 Å². The van der Waals surface area contributed by atoms with E-state index >= 15 is 0 Å². The van der Waals surface area contributed by atoms with E-state index in [1.807, 2.05) is 48.5 Å². The maximum absolute atomic E-state index is 13.6. The highest BCUT2D eigenvalue weighted by Crippen LogP contribution is 2.33. The number of aromatic nitrogens is 2. The lowest BCUT2D eigenvalue weighted by molar-refractivity contribution is 0.302. The molecule has 6 rings (SSSR count). The van der Waals surface area contributed by atoms with Crippen LogP contribution in [0.5, 0.6) is 11.5 Å². The Hall–Kier alpha value is -3.13. The van der Waals surface area contributed by atoms with Crippen molar-refractivity contribution in [2.45, 2.75) is 6.61 Å². The third kappa shape index (κ3) is 5.75. The van der Waals surface area contributed by atoms with Gasteiger partial charge in [0.25, 0.3) is 5.56 Å².